The van der Waals surface area contributed by atoms with E-state index in [1.807, 2.05) is 6.07 Å². The summed E-state index contributed by atoms with van der Waals surface area (Å²) >= 11 is 0. The van der Waals surface area contributed by atoms with Crippen molar-refractivity contribution in [1.29, 1.82) is 5.26 Å². The highest BCUT2D eigenvalue weighted by Gasteiger charge is 2.27. The van der Waals surface area contributed by atoms with E-state index >= 15 is 0 Å². The van der Waals surface area contributed by atoms with Crippen LogP contribution < -0.4 is 15.6 Å². The number of aromatic nitrogens is 1. The maximum atomic E-state index is 13.1. The monoisotopic (exact) mass is 468 g/mol. The number of nitrogens with one attached hydrogen (secondary N) is 2. The van der Waals surface area contributed by atoms with Crippen LogP contribution in [0.25, 0.3) is 10.9 Å². The van der Waals surface area contributed by atoms with Gasteiger partial charge in [-0.3, -0.25) is 9.59 Å². The molecule has 2 N–H and O–H groups in total. The van der Waals surface area contributed by atoms with Gasteiger partial charge in [0.25, 0.3) is 5.91 Å². The van der Waals surface area contributed by atoms with Crippen LogP contribution in [0.3, 0.4) is 0 Å². The molecule has 1 amide bonds. The molecular weight excluding hydrogens is 448 g/mol. The van der Waals surface area contributed by atoms with Crippen LogP contribution in [-0.4, -0.2) is 57.0 Å². The van der Waals surface area contributed by atoms with Gasteiger partial charge in [-0.2, -0.15) is 9.57 Å². The summed E-state index contributed by atoms with van der Waals surface area (Å²) < 4.78 is 37.9. The van der Waals surface area contributed by atoms with Gasteiger partial charge in [0.1, 0.15) is 5.75 Å². The molecule has 1 aliphatic rings. The lowest BCUT2D eigenvalue weighted by Crippen LogP contribution is -2.40. The lowest BCUT2D eigenvalue weighted by molar-refractivity contribution is 0.0730. The van der Waals surface area contributed by atoms with Crippen molar-refractivity contribution in [1.82, 2.24) is 9.29 Å². The zero-order chi connectivity index (χ0) is 23.6. The number of hydrogen-bond donors (Lipinski definition) is 2. The Hall–Kier alpha value is -3.72. The highest BCUT2D eigenvalue weighted by Crippen LogP contribution is 2.28. The molecule has 33 heavy (non-hydrogen) atoms. The topological polar surface area (TPSA) is 142 Å². The van der Waals surface area contributed by atoms with Crippen LogP contribution >= 0.6 is 0 Å². The fourth-order valence-electron chi connectivity index (χ4n) is 3.58. The third kappa shape index (κ3) is 4.45. The van der Waals surface area contributed by atoms with Crippen molar-refractivity contribution >= 4 is 32.5 Å². The zero-order valence-corrected chi connectivity index (χ0v) is 18.4. The van der Waals surface area contributed by atoms with E-state index in [1.165, 1.54) is 41.7 Å². The predicted octanol–water partition coefficient (Wildman–Crippen LogP) is 1.68. The van der Waals surface area contributed by atoms with E-state index in [4.69, 9.17) is 14.7 Å². The van der Waals surface area contributed by atoms with Crippen LogP contribution in [0.4, 0.5) is 5.69 Å². The number of aromatic amines is 1. The number of hydrogen-bond acceptors (Lipinski definition) is 7. The second-order valence-electron chi connectivity index (χ2n) is 7.25. The van der Waals surface area contributed by atoms with Crippen LogP contribution in [0.5, 0.6) is 5.75 Å². The van der Waals surface area contributed by atoms with E-state index < -0.39 is 21.5 Å². The number of sulfonamides is 1. The van der Waals surface area contributed by atoms with Crippen LogP contribution in [0, 0.1) is 11.3 Å². The molecule has 0 radical (unpaired) electrons. The Morgan fingerprint density at radius 1 is 1.18 bits per heavy atom. The Kier molecular flexibility index (Phi) is 6.15. The first-order valence-corrected chi connectivity index (χ1v) is 11.4. The summed E-state index contributed by atoms with van der Waals surface area (Å²) in [5.74, 6) is -0.326. The van der Waals surface area contributed by atoms with Gasteiger partial charge in [0.15, 0.2) is 0 Å². The first-order chi connectivity index (χ1) is 15.8. The molecule has 2 heterocycles. The summed E-state index contributed by atoms with van der Waals surface area (Å²) in [7, 11) is -2.39. The molecule has 4 rings (SSSR count). The molecule has 0 saturated carbocycles. The molecule has 0 unspecified atom stereocenters. The van der Waals surface area contributed by atoms with Gasteiger partial charge in [-0.15, -0.1) is 0 Å². The summed E-state index contributed by atoms with van der Waals surface area (Å²) in [6, 6.07) is 11.8. The summed E-state index contributed by atoms with van der Waals surface area (Å²) in [6.45, 7) is 1.07. The van der Waals surface area contributed by atoms with Crippen LogP contribution in [0.2, 0.25) is 0 Å². The SMILES string of the molecule is COc1ccc(C#N)cc1NC(=O)c1cc(=O)[nH]c2ccc(S(=O)(=O)N3CCOCC3)cc12. The normalized spacial score (nSPS) is 14.5. The van der Waals surface area contributed by atoms with Gasteiger partial charge in [0, 0.05) is 30.1 Å². The molecule has 10 nitrogen and oxygen atoms in total. The maximum Gasteiger partial charge on any atom is 0.256 e. The van der Waals surface area contributed by atoms with Crippen molar-refractivity contribution in [3.05, 3.63) is 63.9 Å². The molecule has 1 aliphatic heterocycles. The smallest absolute Gasteiger partial charge is 0.256 e. The maximum absolute atomic E-state index is 13.1. The number of ether oxygens (including phenoxy) is 2. The number of morpholine rings is 1. The second kappa shape index (κ2) is 9.03. The molecule has 0 aliphatic carbocycles. The number of anilines is 1. The van der Waals surface area contributed by atoms with E-state index in [1.54, 1.807) is 6.07 Å². The Labute approximate surface area is 189 Å². The molecule has 0 spiro atoms. The third-order valence-electron chi connectivity index (χ3n) is 5.24. The number of nitriles is 1. The second-order valence-corrected chi connectivity index (χ2v) is 9.19. The van der Waals surface area contributed by atoms with Crippen LogP contribution in [0.1, 0.15) is 15.9 Å². The van der Waals surface area contributed by atoms with E-state index in [9.17, 15) is 18.0 Å². The van der Waals surface area contributed by atoms with Gasteiger partial charge in [0.05, 0.1) is 48.1 Å². The minimum Gasteiger partial charge on any atom is -0.495 e. The molecule has 0 atom stereocenters. The van der Waals surface area contributed by atoms with E-state index in [-0.39, 0.29) is 34.6 Å². The highest BCUT2D eigenvalue weighted by molar-refractivity contribution is 7.89. The minimum absolute atomic E-state index is 0.00191. The number of benzene rings is 2. The molecule has 1 aromatic heterocycles. The number of amides is 1. The molecule has 170 valence electrons. The quantitative estimate of drug-likeness (QED) is 0.580. The summed E-state index contributed by atoms with van der Waals surface area (Å²) in [5.41, 5.74) is 0.325. The summed E-state index contributed by atoms with van der Waals surface area (Å²) in [4.78, 5) is 27.9. The van der Waals surface area contributed by atoms with Crippen molar-refractivity contribution < 1.29 is 22.7 Å². The van der Waals surface area contributed by atoms with E-state index in [0.717, 1.165) is 6.07 Å². The largest absolute Gasteiger partial charge is 0.495 e. The van der Waals surface area contributed by atoms with E-state index in [2.05, 4.69) is 10.3 Å². The minimum atomic E-state index is -3.81. The lowest BCUT2D eigenvalue weighted by atomic mass is 10.1. The van der Waals surface area contributed by atoms with Crippen LogP contribution in [0.15, 0.2) is 52.2 Å². The lowest BCUT2D eigenvalue weighted by Gasteiger charge is -2.26. The predicted molar refractivity (Wildman–Crippen MR) is 120 cm³/mol. The molecule has 1 saturated heterocycles. The Bertz CT molecular complexity index is 1440. The first-order valence-electron chi connectivity index (χ1n) is 9.98. The number of H-pyrrole nitrogens is 1. The van der Waals surface area contributed by atoms with Gasteiger partial charge in [-0.1, -0.05) is 0 Å². The standard InChI is InChI=1S/C22H20N4O6S/c1-31-20-5-2-14(13-23)10-19(20)25-22(28)17-12-21(27)24-18-4-3-15(11-16(17)18)33(29,30)26-6-8-32-9-7-26/h2-5,10-12H,6-9H2,1H3,(H,24,27)(H,25,28). The number of carbonyl (C=O) groups excluding carboxylic acids is 1. The third-order valence-corrected chi connectivity index (χ3v) is 7.14. The van der Waals surface area contributed by atoms with Crippen molar-refractivity contribution in [3.8, 4) is 11.8 Å². The zero-order valence-electron chi connectivity index (χ0n) is 17.6. The van der Waals surface area contributed by atoms with Crippen molar-refractivity contribution in [2.75, 3.05) is 38.7 Å². The van der Waals surface area contributed by atoms with Crippen molar-refractivity contribution in [2.24, 2.45) is 0 Å². The fraction of sp³-hybridized carbons (Fsp3) is 0.227. The number of pyridine rings is 1. The fourth-order valence-corrected chi connectivity index (χ4v) is 5.02. The van der Waals surface area contributed by atoms with Crippen molar-refractivity contribution in [2.45, 2.75) is 4.90 Å². The average Bonchev–Trinajstić information content (AvgIpc) is 2.83. The van der Waals surface area contributed by atoms with Gasteiger partial charge in [-0.25, -0.2) is 8.42 Å². The number of methoxy groups -OCH3 is 1. The molecule has 1 fully saturated rings. The molecule has 3 aromatic rings. The Morgan fingerprint density at radius 2 is 1.94 bits per heavy atom. The summed E-state index contributed by atoms with van der Waals surface area (Å²) in [6.07, 6.45) is 0. The number of carbonyl (C=O) groups is 1. The van der Waals surface area contributed by atoms with Crippen LogP contribution in [-0.2, 0) is 14.8 Å². The number of rotatable bonds is 5. The summed E-state index contributed by atoms with van der Waals surface area (Å²) in [5, 5.41) is 12.1. The average molecular weight is 468 g/mol. The Balaban J connectivity index is 1.78. The van der Waals surface area contributed by atoms with Gasteiger partial charge < -0.3 is 19.8 Å². The van der Waals surface area contributed by atoms with Crippen molar-refractivity contribution in [3.63, 3.8) is 0 Å². The Morgan fingerprint density at radius 3 is 2.64 bits per heavy atom. The van der Waals surface area contributed by atoms with Gasteiger partial charge in [0.2, 0.25) is 15.6 Å². The van der Waals surface area contributed by atoms with Gasteiger partial charge >= 0.3 is 0 Å². The molecule has 11 heteroatoms. The van der Waals surface area contributed by atoms with E-state index in [0.29, 0.717) is 30.0 Å². The molecular formula is C22H20N4O6S. The first kappa shape index (κ1) is 22.5. The van der Waals surface area contributed by atoms with Gasteiger partial charge in [-0.05, 0) is 36.4 Å². The molecule has 2 aromatic carbocycles. The highest BCUT2D eigenvalue weighted by atomic mass is 32.2. The number of fused-ring (bicyclic) bond motifs is 1. The number of nitrogens with zero attached hydrogens (tertiary/aromatic N) is 2. The molecule has 0 bridgehead atoms.